The molecule has 0 aliphatic carbocycles. The molecule has 0 radical (unpaired) electrons. The Bertz CT molecular complexity index is 319. The van der Waals surface area contributed by atoms with Gasteiger partial charge >= 0.3 is 0 Å². The summed E-state index contributed by atoms with van der Waals surface area (Å²) >= 11 is 1.37. The first-order valence-electron chi connectivity index (χ1n) is 3.30. The van der Waals surface area contributed by atoms with E-state index in [0.717, 1.165) is 9.09 Å². The molecule has 0 fully saturated rings. The number of rotatable bonds is 3. The van der Waals surface area contributed by atoms with E-state index in [0.29, 0.717) is 0 Å². The summed E-state index contributed by atoms with van der Waals surface area (Å²) in [4.78, 5) is 11.4. The molecule has 3 nitrogen and oxygen atoms in total. The van der Waals surface area contributed by atoms with Gasteiger partial charge in [0.2, 0.25) is 5.91 Å². The molecule has 0 spiro atoms. The topological polar surface area (TPSA) is 60.2 Å². The summed E-state index contributed by atoms with van der Waals surface area (Å²) in [6.45, 7) is 0. The minimum Gasteiger partial charge on any atom is -0.369 e. The predicted molar refractivity (Wildman–Crippen MR) is 49.5 cm³/mol. The molecule has 0 saturated heterocycles. The van der Waals surface area contributed by atoms with Crippen LogP contribution >= 0.6 is 11.3 Å². The summed E-state index contributed by atoms with van der Waals surface area (Å²) < 4.78 is 11.7. The molecular formula is C7H9NO2S2. The minimum atomic E-state index is -0.957. The number of nitrogens with two attached hydrogens (primary N) is 1. The Labute approximate surface area is 77.0 Å². The molecule has 1 amide bonds. The van der Waals surface area contributed by atoms with Gasteiger partial charge in [-0.25, -0.2) is 0 Å². The van der Waals surface area contributed by atoms with Crippen LogP contribution < -0.4 is 5.73 Å². The number of thiophene rings is 1. The highest BCUT2D eigenvalue weighted by Gasteiger charge is 2.04. The number of hydrogen-bond acceptors (Lipinski definition) is 3. The van der Waals surface area contributed by atoms with Crippen LogP contribution in [0.3, 0.4) is 0 Å². The number of amides is 1. The van der Waals surface area contributed by atoms with E-state index in [-0.39, 0.29) is 12.3 Å². The van der Waals surface area contributed by atoms with E-state index in [2.05, 4.69) is 0 Å². The number of hydrogen-bond donors (Lipinski definition) is 1. The Hall–Kier alpha value is -0.680. The van der Waals surface area contributed by atoms with Gasteiger partial charge in [0.1, 0.15) is 0 Å². The summed E-state index contributed by atoms with van der Waals surface area (Å²) in [7, 11) is -0.957. The fraction of sp³-hybridized carbons (Fsp3) is 0.286. The van der Waals surface area contributed by atoms with Crippen molar-refractivity contribution in [3.8, 4) is 0 Å². The monoisotopic (exact) mass is 203 g/mol. The lowest BCUT2D eigenvalue weighted by atomic mass is 10.3. The van der Waals surface area contributed by atoms with Crippen molar-refractivity contribution in [3.05, 3.63) is 17.0 Å². The summed E-state index contributed by atoms with van der Waals surface area (Å²) in [5.74, 6) is -0.356. The molecule has 12 heavy (non-hydrogen) atoms. The zero-order valence-electron chi connectivity index (χ0n) is 6.57. The Morgan fingerprint density at radius 3 is 2.75 bits per heavy atom. The molecule has 1 heterocycles. The average Bonchev–Trinajstić information content (AvgIpc) is 2.34. The van der Waals surface area contributed by atoms with Crippen LogP contribution in [-0.4, -0.2) is 16.4 Å². The quantitative estimate of drug-likeness (QED) is 0.778. The highest BCUT2D eigenvalue weighted by molar-refractivity contribution is 7.86. The molecule has 1 unspecified atom stereocenters. The number of carbonyl (C=O) groups is 1. The summed E-state index contributed by atoms with van der Waals surface area (Å²) in [6, 6.07) is 3.55. The van der Waals surface area contributed by atoms with Crippen molar-refractivity contribution in [3.63, 3.8) is 0 Å². The molecule has 2 N–H and O–H groups in total. The standard InChI is InChI=1S/C7H9NO2S2/c1-12(10)7-3-2-5(11-7)4-6(8)9/h2-3H,4H2,1H3,(H2,8,9). The molecule has 1 aromatic rings. The second-order valence-corrected chi connectivity index (χ2v) is 5.09. The highest BCUT2D eigenvalue weighted by Crippen LogP contribution is 2.19. The van der Waals surface area contributed by atoms with Gasteiger partial charge in [-0.1, -0.05) is 0 Å². The molecule has 0 saturated carbocycles. The Morgan fingerprint density at radius 1 is 1.67 bits per heavy atom. The smallest absolute Gasteiger partial charge is 0.222 e. The molecular weight excluding hydrogens is 194 g/mol. The van der Waals surface area contributed by atoms with Crippen molar-refractivity contribution >= 4 is 28.0 Å². The first-order chi connectivity index (χ1) is 5.59. The van der Waals surface area contributed by atoms with E-state index < -0.39 is 10.8 Å². The van der Waals surface area contributed by atoms with Gasteiger partial charge in [0.05, 0.1) is 21.4 Å². The highest BCUT2D eigenvalue weighted by atomic mass is 32.2. The molecule has 0 aromatic carbocycles. The molecule has 5 heteroatoms. The molecule has 1 rings (SSSR count). The van der Waals surface area contributed by atoms with E-state index in [1.165, 1.54) is 11.3 Å². The largest absolute Gasteiger partial charge is 0.369 e. The van der Waals surface area contributed by atoms with E-state index in [1.807, 2.05) is 0 Å². The fourth-order valence-corrected chi connectivity index (χ4v) is 2.57. The van der Waals surface area contributed by atoms with Gasteiger partial charge in [-0.15, -0.1) is 11.3 Å². The normalized spacial score (nSPS) is 12.8. The van der Waals surface area contributed by atoms with Gasteiger partial charge in [0.25, 0.3) is 0 Å². The second kappa shape index (κ2) is 3.82. The molecule has 0 aliphatic heterocycles. The van der Waals surface area contributed by atoms with E-state index >= 15 is 0 Å². The van der Waals surface area contributed by atoms with E-state index in [9.17, 15) is 9.00 Å². The van der Waals surface area contributed by atoms with Crippen LogP contribution in [0.15, 0.2) is 16.3 Å². The van der Waals surface area contributed by atoms with Gasteiger partial charge in [-0.2, -0.15) is 0 Å². The van der Waals surface area contributed by atoms with Gasteiger partial charge in [-0.3, -0.25) is 9.00 Å². The molecule has 0 aliphatic rings. The van der Waals surface area contributed by atoms with Gasteiger partial charge in [-0.05, 0) is 12.1 Å². The van der Waals surface area contributed by atoms with Gasteiger partial charge in [0, 0.05) is 11.1 Å². The maximum Gasteiger partial charge on any atom is 0.222 e. The van der Waals surface area contributed by atoms with Gasteiger partial charge in [0.15, 0.2) is 0 Å². The average molecular weight is 203 g/mol. The summed E-state index contributed by atoms with van der Waals surface area (Å²) in [6.07, 6.45) is 1.85. The lowest BCUT2D eigenvalue weighted by Crippen LogP contribution is -2.12. The summed E-state index contributed by atoms with van der Waals surface area (Å²) in [5.41, 5.74) is 5.00. The van der Waals surface area contributed by atoms with Crippen molar-refractivity contribution in [2.24, 2.45) is 5.73 Å². The Balaban J connectivity index is 2.77. The van der Waals surface area contributed by atoms with Crippen LogP contribution in [0.1, 0.15) is 4.88 Å². The third-order valence-electron chi connectivity index (χ3n) is 1.27. The molecule has 1 aromatic heterocycles. The lowest BCUT2D eigenvalue weighted by Gasteiger charge is -1.88. The first-order valence-corrected chi connectivity index (χ1v) is 5.67. The zero-order valence-corrected chi connectivity index (χ0v) is 8.21. The molecule has 0 bridgehead atoms. The van der Waals surface area contributed by atoms with Gasteiger partial charge < -0.3 is 5.73 Å². The number of primary amides is 1. The SMILES string of the molecule is CS(=O)c1ccc(CC(N)=O)s1. The zero-order chi connectivity index (χ0) is 9.14. The maximum absolute atomic E-state index is 10.9. The van der Waals surface area contributed by atoms with Crippen LogP contribution in [0.25, 0.3) is 0 Å². The van der Waals surface area contributed by atoms with Crippen LogP contribution in [0.4, 0.5) is 0 Å². The van der Waals surface area contributed by atoms with Crippen LogP contribution in [0.2, 0.25) is 0 Å². The minimum absolute atomic E-state index is 0.238. The van der Waals surface area contributed by atoms with E-state index in [1.54, 1.807) is 18.4 Å². The fourth-order valence-electron chi connectivity index (χ4n) is 0.779. The van der Waals surface area contributed by atoms with Crippen molar-refractivity contribution < 1.29 is 9.00 Å². The number of carbonyl (C=O) groups excluding carboxylic acids is 1. The van der Waals surface area contributed by atoms with Crippen LogP contribution in [0, 0.1) is 0 Å². The summed E-state index contributed by atoms with van der Waals surface area (Å²) in [5, 5.41) is 0. The third-order valence-corrected chi connectivity index (χ3v) is 3.81. The van der Waals surface area contributed by atoms with Crippen molar-refractivity contribution in [1.82, 2.24) is 0 Å². The predicted octanol–water partition coefficient (Wildman–Crippen LogP) is 0.513. The van der Waals surface area contributed by atoms with Crippen molar-refractivity contribution in [2.75, 3.05) is 6.26 Å². The second-order valence-electron chi connectivity index (χ2n) is 2.32. The Kier molecular flexibility index (Phi) is 2.99. The van der Waals surface area contributed by atoms with E-state index in [4.69, 9.17) is 5.73 Å². The van der Waals surface area contributed by atoms with Crippen LogP contribution in [-0.2, 0) is 22.0 Å². The lowest BCUT2D eigenvalue weighted by molar-refractivity contribution is -0.117. The van der Waals surface area contributed by atoms with Crippen molar-refractivity contribution in [2.45, 2.75) is 10.6 Å². The van der Waals surface area contributed by atoms with Crippen LogP contribution in [0.5, 0.6) is 0 Å². The molecule has 66 valence electrons. The Morgan fingerprint density at radius 2 is 2.33 bits per heavy atom. The third kappa shape index (κ3) is 2.42. The molecule has 1 atom stereocenters. The first kappa shape index (κ1) is 9.41. The maximum atomic E-state index is 10.9. The van der Waals surface area contributed by atoms with Crippen molar-refractivity contribution in [1.29, 1.82) is 0 Å².